The lowest BCUT2D eigenvalue weighted by Gasteiger charge is -2.69. The van der Waals surface area contributed by atoms with E-state index in [0.29, 0.717) is 37.8 Å². The molecule has 8 nitrogen and oxygen atoms in total. The number of ketones is 1. The normalized spacial score (nSPS) is 26.9. The minimum absolute atomic E-state index is 0.00233. The van der Waals surface area contributed by atoms with Crippen molar-refractivity contribution in [2.24, 2.45) is 0 Å². The van der Waals surface area contributed by atoms with E-state index in [-0.39, 0.29) is 40.5 Å². The van der Waals surface area contributed by atoms with Crippen LogP contribution in [0.25, 0.3) is 0 Å². The van der Waals surface area contributed by atoms with Gasteiger partial charge in [-0.2, -0.15) is 0 Å². The molecule has 0 unspecified atom stereocenters. The van der Waals surface area contributed by atoms with Gasteiger partial charge in [0, 0.05) is 17.8 Å². The number of nitrogens with one attached hydrogen (secondary N) is 1. The number of alkyl halides is 3. The second kappa shape index (κ2) is 8.44. The van der Waals surface area contributed by atoms with Crippen LogP contribution in [-0.2, 0) is 21.5 Å². The number of Topliss-reactive ketones (excluding diaryl/α,β-unsaturated/α-hetero) is 1. The van der Waals surface area contributed by atoms with Crippen molar-refractivity contribution in [1.82, 2.24) is 20.3 Å². The molecule has 1 N–H and O–H groups in total. The van der Waals surface area contributed by atoms with Gasteiger partial charge in [0.25, 0.3) is 5.91 Å². The summed E-state index contributed by atoms with van der Waals surface area (Å²) in [6, 6.07) is 2.22. The highest BCUT2D eigenvalue weighted by Gasteiger charge is 2.70. The molecule has 1 aromatic carbocycles. The lowest BCUT2D eigenvalue weighted by Crippen LogP contribution is -2.79. The van der Waals surface area contributed by atoms with Crippen molar-refractivity contribution in [3.63, 3.8) is 0 Å². The summed E-state index contributed by atoms with van der Waals surface area (Å²) in [6.45, 7) is -0.394. The minimum Gasteiger partial charge on any atom is -0.479 e. The Hall–Kier alpha value is -2.73. The van der Waals surface area contributed by atoms with Gasteiger partial charge in [-0.1, -0.05) is 16.8 Å². The predicted molar refractivity (Wildman–Crippen MR) is 112 cm³/mol. The number of carbonyl (C=O) groups is 2. The zero-order valence-corrected chi connectivity index (χ0v) is 19.1. The molecule has 1 atom stereocenters. The van der Waals surface area contributed by atoms with Gasteiger partial charge in [-0.15, -0.1) is 18.3 Å². The number of hydrogen-bond donors (Lipinski definition) is 1. The topological polar surface area (TPSA) is 95.3 Å². The van der Waals surface area contributed by atoms with Crippen molar-refractivity contribution in [2.75, 3.05) is 6.61 Å². The third-order valence-corrected chi connectivity index (χ3v) is 7.06. The maximum atomic E-state index is 13.8. The van der Waals surface area contributed by atoms with Crippen LogP contribution in [0.3, 0.4) is 0 Å². The lowest BCUT2D eigenvalue weighted by atomic mass is 9.44. The predicted octanol–water partition coefficient (Wildman–Crippen LogP) is 3.71. The fourth-order valence-corrected chi connectivity index (χ4v) is 5.32. The van der Waals surface area contributed by atoms with Crippen LogP contribution in [-0.4, -0.2) is 51.3 Å². The first-order valence-corrected chi connectivity index (χ1v) is 11.5. The summed E-state index contributed by atoms with van der Waals surface area (Å²) in [4.78, 5) is 25.2. The van der Waals surface area contributed by atoms with E-state index in [1.54, 1.807) is 10.9 Å². The molecule has 1 amide bonds. The van der Waals surface area contributed by atoms with Gasteiger partial charge in [-0.05, 0) is 44.6 Å². The summed E-state index contributed by atoms with van der Waals surface area (Å²) in [5, 5.41) is 11.0. The number of ether oxygens (including phenoxy) is 2. The molecule has 0 spiro atoms. The van der Waals surface area contributed by atoms with Crippen molar-refractivity contribution in [2.45, 2.75) is 68.5 Å². The lowest BCUT2D eigenvalue weighted by molar-refractivity contribution is -0.324. The minimum atomic E-state index is -4.62. The van der Waals surface area contributed by atoms with Crippen LogP contribution in [0, 0.1) is 5.82 Å². The molecule has 13 heteroatoms. The molecule has 6 rings (SSSR count). The summed E-state index contributed by atoms with van der Waals surface area (Å²) in [6.07, 6.45) is -0.922. The molecule has 2 aromatic rings. The maximum Gasteiger partial charge on any atom is 0.522 e. The van der Waals surface area contributed by atoms with Crippen LogP contribution in [0.5, 0.6) is 5.75 Å². The zero-order chi connectivity index (χ0) is 25.0. The van der Waals surface area contributed by atoms with Crippen molar-refractivity contribution < 1.29 is 36.6 Å². The molecule has 2 bridgehead atoms. The highest BCUT2D eigenvalue weighted by atomic mass is 35.5. The van der Waals surface area contributed by atoms with E-state index in [2.05, 4.69) is 20.4 Å². The molecular weight excluding hydrogens is 496 g/mol. The Labute approximate surface area is 201 Å². The number of fused-ring (bicyclic) bond motifs is 1. The van der Waals surface area contributed by atoms with E-state index in [0.717, 1.165) is 6.07 Å². The van der Waals surface area contributed by atoms with Gasteiger partial charge in [-0.3, -0.25) is 14.3 Å². The Morgan fingerprint density at radius 1 is 1.29 bits per heavy atom. The van der Waals surface area contributed by atoms with E-state index < -0.39 is 36.3 Å². The fraction of sp³-hybridized carbons (Fsp3) is 0.545. The number of halogens is 5. The molecule has 0 saturated heterocycles. The van der Waals surface area contributed by atoms with Gasteiger partial charge < -0.3 is 10.1 Å². The smallest absolute Gasteiger partial charge is 0.479 e. The number of rotatable bonds is 8. The van der Waals surface area contributed by atoms with Gasteiger partial charge in [0.05, 0.1) is 34.8 Å². The van der Waals surface area contributed by atoms with E-state index in [9.17, 15) is 27.2 Å². The number of aromatic nitrogens is 3. The van der Waals surface area contributed by atoms with Crippen LogP contribution in [0.15, 0.2) is 18.3 Å². The molecule has 1 aliphatic heterocycles. The zero-order valence-electron chi connectivity index (χ0n) is 18.3. The number of amides is 1. The molecular formula is C22H21ClF4N4O4. The first kappa shape index (κ1) is 24.0. The van der Waals surface area contributed by atoms with Crippen LogP contribution in [0.2, 0.25) is 5.02 Å². The number of nitrogens with zero attached hydrogens (tertiary/aromatic N) is 3. The summed E-state index contributed by atoms with van der Waals surface area (Å²) in [5.41, 5.74) is 0.156. The second-order valence-electron chi connectivity index (χ2n) is 9.43. The van der Waals surface area contributed by atoms with Crippen LogP contribution < -0.4 is 10.1 Å². The largest absolute Gasteiger partial charge is 0.522 e. The Morgan fingerprint density at radius 2 is 2.03 bits per heavy atom. The molecule has 2 heterocycles. The third kappa shape index (κ3) is 4.61. The molecule has 3 fully saturated rings. The van der Waals surface area contributed by atoms with E-state index >= 15 is 0 Å². The van der Waals surface area contributed by atoms with Crippen LogP contribution in [0.1, 0.15) is 54.6 Å². The highest BCUT2D eigenvalue weighted by molar-refractivity contribution is 6.31. The first-order chi connectivity index (χ1) is 16.5. The summed E-state index contributed by atoms with van der Waals surface area (Å²) >= 11 is 5.73. The number of carbonyl (C=O) groups excluding carboxylic acids is 2. The number of unbranched alkanes of at least 4 members (excludes halogenated alkanes) is 1. The molecule has 1 aromatic heterocycles. The molecule has 188 valence electrons. The Balaban J connectivity index is 1.11. The average molecular weight is 517 g/mol. The molecule has 3 aliphatic carbocycles. The van der Waals surface area contributed by atoms with Gasteiger partial charge >= 0.3 is 6.36 Å². The van der Waals surface area contributed by atoms with Crippen LogP contribution >= 0.6 is 11.6 Å². The van der Waals surface area contributed by atoms with Crippen molar-refractivity contribution in [1.29, 1.82) is 0 Å². The van der Waals surface area contributed by atoms with E-state index in [1.807, 2.05) is 0 Å². The number of benzene rings is 1. The molecule has 35 heavy (non-hydrogen) atoms. The third-order valence-electron chi connectivity index (χ3n) is 6.77. The van der Waals surface area contributed by atoms with Crippen molar-refractivity contribution in [3.05, 3.63) is 40.4 Å². The Bertz CT molecular complexity index is 1160. The summed E-state index contributed by atoms with van der Waals surface area (Å²) in [7, 11) is 0. The van der Waals surface area contributed by atoms with Gasteiger partial charge in [0.1, 0.15) is 11.6 Å². The Kier molecular flexibility index (Phi) is 5.78. The van der Waals surface area contributed by atoms with Gasteiger partial charge in [0.2, 0.25) is 0 Å². The van der Waals surface area contributed by atoms with Crippen LogP contribution in [0.4, 0.5) is 17.6 Å². The second-order valence-corrected chi connectivity index (χ2v) is 9.83. The Morgan fingerprint density at radius 3 is 2.74 bits per heavy atom. The van der Waals surface area contributed by atoms with Gasteiger partial charge in [-0.25, -0.2) is 9.07 Å². The maximum absolute atomic E-state index is 13.8. The fourth-order valence-electron chi connectivity index (χ4n) is 5.16. The standard InChI is InChI=1S/C22H21ClF4N4O4/c23-14-5-13-16(32)7-18(35-17(13)6-15(14)24)19(33)28-20-9-21(10-20,11-20)31-8-12(29-30-31)3-1-2-4-34-22(25,26)27/h5-6,8,18H,1-4,7,9-11H2,(H,28,33)/t18-,20?,21?/m1/s1. The molecule has 0 radical (unpaired) electrons. The molecule has 3 saturated carbocycles. The summed E-state index contributed by atoms with van der Waals surface area (Å²) in [5.74, 6) is -1.52. The first-order valence-electron chi connectivity index (χ1n) is 11.1. The van der Waals surface area contributed by atoms with E-state index in [1.165, 1.54) is 6.07 Å². The van der Waals surface area contributed by atoms with Gasteiger partial charge in [0.15, 0.2) is 11.9 Å². The van der Waals surface area contributed by atoms with Crippen molar-refractivity contribution >= 4 is 23.3 Å². The average Bonchev–Trinajstić information content (AvgIpc) is 3.18. The SMILES string of the molecule is O=C1C[C@H](C(=O)NC23CC(n4cc(CCCCOC(F)(F)F)nn4)(C2)C3)Oc2cc(F)c(Cl)cc21. The quantitative estimate of drug-likeness (QED) is 0.424. The monoisotopic (exact) mass is 516 g/mol. The number of hydrogen-bond acceptors (Lipinski definition) is 6. The number of aryl methyl sites for hydroxylation is 1. The molecule has 4 aliphatic rings. The highest BCUT2D eigenvalue weighted by Crippen LogP contribution is 2.65. The van der Waals surface area contributed by atoms with Crippen molar-refractivity contribution in [3.8, 4) is 5.75 Å². The van der Waals surface area contributed by atoms with E-state index in [4.69, 9.17) is 16.3 Å². The summed E-state index contributed by atoms with van der Waals surface area (Å²) < 4.78 is 60.9.